The molecule has 0 saturated heterocycles. The summed E-state index contributed by atoms with van der Waals surface area (Å²) in [7, 11) is 0. The molecule has 7 heteroatoms. The molecule has 2 aromatic rings. The first kappa shape index (κ1) is 11.6. The third-order valence-electron chi connectivity index (χ3n) is 2.79. The van der Waals surface area contributed by atoms with Gasteiger partial charge in [-0.15, -0.1) is 5.10 Å². The molecule has 0 unspecified atom stereocenters. The monoisotopic (exact) mass is 264 g/mol. The van der Waals surface area contributed by atoms with Crippen LogP contribution in [0.5, 0.6) is 0 Å². The molecule has 0 spiro atoms. The molecule has 0 radical (unpaired) electrons. The first-order chi connectivity index (χ1) is 8.65. The fourth-order valence-electron chi connectivity index (χ4n) is 1.71. The Bertz CT molecular complexity index is 557. The number of nitrogens with zero attached hydrogens (tertiary/aromatic N) is 5. The minimum absolute atomic E-state index is 0.218. The maximum absolute atomic E-state index is 5.91. The SMILES string of the molecule is C[C@H](N)c1nc(C2CC2)nn1-c1ncc(Cl)cn1. The molecule has 2 aromatic heterocycles. The Morgan fingerprint density at radius 2 is 2.06 bits per heavy atom. The zero-order chi connectivity index (χ0) is 12.7. The lowest BCUT2D eigenvalue weighted by atomic mass is 10.3. The maximum Gasteiger partial charge on any atom is 0.252 e. The quantitative estimate of drug-likeness (QED) is 0.911. The molecule has 0 bridgehead atoms. The zero-order valence-electron chi connectivity index (χ0n) is 9.91. The van der Waals surface area contributed by atoms with Gasteiger partial charge in [0.15, 0.2) is 11.6 Å². The van der Waals surface area contributed by atoms with Gasteiger partial charge in [0.05, 0.1) is 23.5 Å². The molecule has 1 atom stereocenters. The van der Waals surface area contributed by atoms with Crippen molar-refractivity contribution in [3.05, 3.63) is 29.1 Å². The van der Waals surface area contributed by atoms with E-state index in [1.807, 2.05) is 6.92 Å². The molecule has 2 N–H and O–H groups in total. The lowest BCUT2D eigenvalue weighted by Crippen LogP contribution is -2.15. The molecule has 0 aromatic carbocycles. The van der Waals surface area contributed by atoms with E-state index in [4.69, 9.17) is 17.3 Å². The third-order valence-corrected chi connectivity index (χ3v) is 2.99. The number of hydrogen-bond donors (Lipinski definition) is 1. The third kappa shape index (κ3) is 2.09. The second-order valence-corrected chi connectivity index (χ2v) is 4.94. The number of halogens is 1. The smallest absolute Gasteiger partial charge is 0.252 e. The van der Waals surface area contributed by atoms with Crippen molar-refractivity contribution in [2.24, 2.45) is 5.73 Å². The summed E-state index contributed by atoms with van der Waals surface area (Å²) in [4.78, 5) is 12.8. The highest BCUT2D eigenvalue weighted by molar-refractivity contribution is 6.30. The van der Waals surface area contributed by atoms with Crippen LogP contribution < -0.4 is 5.73 Å². The Balaban J connectivity index is 2.05. The van der Waals surface area contributed by atoms with E-state index >= 15 is 0 Å². The van der Waals surface area contributed by atoms with Crippen molar-refractivity contribution in [2.45, 2.75) is 31.7 Å². The summed E-state index contributed by atoms with van der Waals surface area (Å²) in [5.74, 6) is 2.43. The van der Waals surface area contributed by atoms with Gasteiger partial charge in [-0.2, -0.15) is 4.68 Å². The molecule has 0 amide bonds. The van der Waals surface area contributed by atoms with Crippen molar-refractivity contribution in [1.29, 1.82) is 0 Å². The van der Waals surface area contributed by atoms with Crippen molar-refractivity contribution in [1.82, 2.24) is 24.7 Å². The molecular weight excluding hydrogens is 252 g/mol. The summed E-state index contributed by atoms with van der Waals surface area (Å²) >= 11 is 5.77. The van der Waals surface area contributed by atoms with Crippen molar-refractivity contribution in [3.8, 4) is 5.95 Å². The van der Waals surface area contributed by atoms with Crippen molar-refractivity contribution < 1.29 is 0 Å². The van der Waals surface area contributed by atoms with Gasteiger partial charge >= 0.3 is 0 Å². The normalized spacial score (nSPS) is 16.8. The molecule has 3 rings (SSSR count). The Morgan fingerprint density at radius 3 is 2.61 bits per heavy atom. The van der Waals surface area contributed by atoms with E-state index in [-0.39, 0.29) is 6.04 Å². The van der Waals surface area contributed by atoms with E-state index in [1.165, 1.54) is 12.4 Å². The van der Waals surface area contributed by atoms with Crippen molar-refractivity contribution >= 4 is 11.6 Å². The molecule has 94 valence electrons. The Kier molecular flexibility index (Phi) is 2.76. The van der Waals surface area contributed by atoms with Crippen LogP contribution in [0.15, 0.2) is 12.4 Å². The van der Waals surface area contributed by atoms with Gasteiger partial charge in [0.2, 0.25) is 0 Å². The van der Waals surface area contributed by atoms with E-state index in [9.17, 15) is 0 Å². The van der Waals surface area contributed by atoms with E-state index in [1.54, 1.807) is 4.68 Å². The Hall–Kier alpha value is -1.53. The standard InChI is InChI=1S/C11H13ClN6/c1-6(13)10-16-9(7-2-3-7)17-18(10)11-14-4-8(12)5-15-11/h4-7H,2-3,13H2,1H3/t6-/m0/s1. The highest BCUT2D eigenvalue weighted by Gasteiger charge is 2.30. The molecule has 1 aliphatic carbocycles. The zero-order valence-corrected chi connectivity index (χ0v) is 10.7. The van der Waals surface area contributed by atoms with Crippen LogP contribution >= 0.6 is 11.6 Å². The van der Waals surface area contributed by atoms with Gasteiger partial charge in [-0.05, 0) is 19.8 Å². The van der Waals surface area contributed by atoms with Crippen LogP contribution in [0, 0.1) is 0 Å². The van der Waals surface area contributed by atoms with Crippen LogP contribution in [0.3, 0.4) is 0 Å². The lowest BCUT2D eigenvalue weighted by molar-refractivity contribution is 0.668. The summed E-state index contributed by atoms with van der Waals surface area (Å²) in [6, 6.07) is -0.218. The van der Waals surface area contributed by atoms with Crippen LogP contribution in [-0.4, -0.2) is 24.7 Å². The Morgan fingerprint density at radius 1 is 1.39 bits per heavy atom. The predicted octanol–water partition coefficient (Wildman–Crippen LogP) is 1.61. The van der Waals surface area contributed by atoms with Crippen LogP contribution in [0.25, 0.3) is 5.95 Å². The number of aromatic nitrogens is 5. The summed E-state index contributed by atoms with van der Waals surface area (Å²) < 4.78 is 1.61. The second-order valence-electron chi connectivity index (χ2n) is 4.50. The van der Waals surface area contributed by atoms with Crippen LogP contribution in [0.4, 0.5) is 0 Å². The van der Waals surface area contributed by atoms with Crippen LogP contribution in [0.1, 0.15) is 43.4 Å². The van der Waals surface area contributed by atoms with E-state index in [0.29, 0.717) is 22.7 Å². The van der Waals surface area contributed by atoms with E-state index < -0.39 is 0 Å². The van der Waals surface area contributed by atoms with Gasteiger partial charge in [0.1, 0.15) is 0 Å². The summed E-state index contributed by atoms with van der Waals surface area (Å²) in [6.45, 7) is 1.87. The highest BCUT2D eigenvalue weighted by atomic mass is 35.5. The minimum Gasteiger partial charge on any atom is -0.322 e. The number of rotatable bonds is 3. The number of nitrogens with two attached hydrogens (primary N) is 1. The maximum atomic E-state index is 5.91. The van der Waals surface area contributed by atoms with Gasteiger partial charge in [0.25, 0.3) is 5.95 Å². The van der Waals surface area contributed by atoms with Gasteiger partial charge in [-0.3, -0.25) is 0 Å². The summed E-state index contributed by atoms with van der Waals surface area (Å²) in [5.41, 5.74) is 5.91. The molecule has 2 heterocycles. The first-order valence-corrected chi connectivity index (χ1v) is 6.23. The topological polar surface area (TPSA) is 82.5 Å². The fraction of sp³-hybridized carbons (Fsp3) is 0.455. The first-order valence-electron chi connectivity index (χ1n) is 5.85. The van der Waals surface area contributed by atoms with Gasteiger partial charge < -0.3 is 5.73 Å². The molecule has 1 aliphatic rings. The Labute approximate surface area is 109 Å². The molecule has 6 nitrogen and oxygen atoms in total. The van der Waals surface area contributed by atoms with Gasteiger partial charge in [0, 0.05) is 5.92 Å². The largest absolute Gasteiger partial charge is 0.322 e. The molecule has 0 aliphatic heterocycles. The molecular formula is C11H13ClN6. The van der Waals surface area contributed by atoms with Gasteiger partial charge in [-0.25, -0.2) is 15.0 Å². The predicted molar refractivity (Wildman–Crippen MR) is 66.5 cm³/mol. The van der Waals surface area contributed by atoms with Gasteiger partial charge in [-0.1, -0.05) is 11.6 Å². The summed E-state index contributed by atoms with van der Waals surface area (Å²) in [6.07, 6.45) is 5.36. The molecule has 18 heavy (non-hydrogen) atoms. The van der Waals surface area contributed by atoms with E-state index in [0.717, 1.165) is 18.7 Å². The molecule has 1 saturated carbocycles. The van der Waals surface area contributed by atoms with Crippen LogP contribution in [0.2, 0.25) is 5.02 Å². The number of hydrogen-bond acceptors (Lipinski definition) is 5. The minimum atomic E-state index is -0.218. The van der Waals surface area contributed by atoms with E-state index in [2.05, 4.69) is 20.1 Å². The van der Waals surface area contributed by atoms with Crippen molar-refractivity contribution in [3.63, 3.8) is 0 Å². The highest BCUT2D eigenvalue weighted by Crippen LogP contribution is 2.38. The fourth-order valence-corrected chi connectivity index (χ4v) is 1.81. The molecule has 1 fully saturated rings. The average Bonchev–Trinajstić information content (AvgIpc) is 3.09. The summed E-state index contributed by atoms with van der Waals surface area (Å²) in [5, 5.41) is 4.94. The van der Waals surface area contributed by atoms with Crippen LogP contribution in [-0.2, 0) is 0 Å². The lowest BCUT2D eigenvalue weighted by Gasteiger charge is -2.05. The second kappa shape index (κ2) is 4.29. The van der Waals surface area contributed by atoms with Crippen molar-refractivity contribution in [2.75, 3.05) is 0 Å². The average molecular weight is 265 g/mol.